The lowest BCUT2D eigenvalue weighted by Gasteiger charge is -2.15. The second-order valence-corrected chi connectivity index (χ2v) is 4.53. The molecule has 0 radical (unpaired) electrons. The van der Waals surface area contributed by atoms with Crippen LogP contribution in [-0.2, 0) is 6.42 Å². The molecule has 0 aromatic heterocycles. The molecule has 2 aromatic carbocycles. The molecule has 0 amide bonds. The van der Waals surface area contributed by atoms with Gasteiger partial charge in [-0.3, -0.25) is 0 Å². The van der Waals surface area contributed by atoms with Gasteiger partial charge in [0, 0.05) is 12.5 Å². The van der Waals surface area contributed by atoms with Gasteiger partial charge in [0.15, 0.2) is 0 Å². The van der Waals surface area contributed by atoms with E-state index in [2.05, 4.69) is 12.1 Å². The molecule has 0 aliphatic heterocycles. The number of halogens is 1. The van der Waals surface area contributed by atoms with Gasteiger partial charge in [0.05, 0.1) is 6.10 Å². The van der Waals surface area contributed by atoms with Crippen LogP contribution in [0.3, 0.4) is 0 Å². The molecule has 94 valence electrons. The summed E-state index contributed by atoms with van der Waals surface area (Å²) in [7, 11) is 0. The minimum Gasteiger partial charge on any atom is -0.490 e. The molecule has 0 saturated carbocycles. The molecule has 2 aromatic rings. The van der Waals surface area contributed by atoms with E-state index in [4.69, 9.17) is 4.74 Å². The first-order valence-corrected chi connectivity index (χ1v) is 6.12. The predicted octanol–water partition coefficient (Wildman–Crippen LogP) is 4.14. The summed E-state index contributed by atoms with van der Waals surface area (Å²) >= 11 is 0. The van der Waals surface area contributed by atoms with E-state index in [1.54, 1.807) is 19.1 Å². The first-order chi connectivity index (χ1) is 8.65. The van der Waals surface area contributed by atoms with Crippen LogP contribution in [0.1, 0.15) is 18.1 Å². The van der Waals surface area contributed by atoms with Crippen LogP contribution in [-0.4, -0.2) is 6.10 Å². The maximum atomic E-state index is 13.4. The van der Waals surface area contributed by atoms with Crippen LogP contribution >= 0.6 is 0 Å². The van der Waals surface area contributed by atoms with Gasteiger partial charge in [-0.25, -0.2) is 4.39 Å². The van der Waals surface area contributed by atoms with E-state index in [9.17, 15) is 4.39 Å². The highest BCUT2D eigenvalue weighted by Gasteiger charge is 2.07. The highest BCUT2D eigenvalue weighted by Crippen LogP contribution is 2.18. The maximum absolute atomic E-state index is 13.4. The Labute approximate surface area is 107 Å². The lowest BCUT2D eigenvalue weighted by molar-refractivity contribution is 0.221. The molecular formula is C16H17FO. The molecule has 0 N–H and O–H groups in total. The lowest BCUT2D eigenvalue weighted by atomic mass is 10.1. The van der Waals surface area contributed by atoms with Gasteiger partial charge >= 0.3 is 0 Å². The van der Waals surface area contributed by atoms with E-state index in [0.717, 1.165) is 6.42 Å². The average Bonchev–Trinajstić information content (AvgIpc) is 2.35. The second kappa shape index (κ2) is 5.67. The number of ether oxygens (including phenoxy) is 1. The molecule has 2 heteroatoms. The third-order valence-corrected chi connectivity index (χ3v) is 2.85. The van der Waals surface area contributed by atoms with Crippen molar-refractivity contribution in [2.75, 3.05) is 0 Å². The van der Waals surface area contributed by atoms with E-state index in [0.29, 0.717) is 11.3 Å². The minimum atomic E-state index is -0.223. The summed E-state index contributed by atoms with van der Waals surface area (Å²) in [4.78, 5) is 0. The zero-order chi connectivity index (χ0) is 13.0. The Hall–Kier alpha value is -1.83. The summed E-state index contributed by atoms with van der Waals surface area (Å²) in [6, 6.07) is 15.1. The summed E-state index contributed by atoms with van der Waals surface area (Å²) < 4.78 is 19.1. The van der Waals surface area contributed by atoms with Crippen LogP contribution < -0.4 is 4.74 Å². The summed E-state index contributed by atoms with van der Waals surface area (Å²) in [5.74, 6) is 0.362. The minimum absolute atomic E-state index is 0.0227. The highest BCUT2D eigenvalue weighted by molar-refractivity contribution is 5.28. The monoisotopic (exact) mass is 244 g/mol. The molecule has 1 atom stereocenters. The van der Waals surface area contributed by atoms with Crippen molar-refractivity contribution >= 4 is 0 Å². The number of hydrogen-bond acceptors (Lipinski definition) is 1. The molecule has 0 spiro atoms. The molecule has 1 nitrogen and oxygen atoms in total. The molecule has 2 rings (SSSR count). The average molecular weight is 244 g/mol. The Balaban J connectivity index is 1.99. The summed E-state index contributed by atoms with van der Waals surface area (Å²) in [6.07, 6.45) is 0.838. The fraction of sp³-hybridized carbons (Fsp3) is 0.250. The van der Waals surface area contributed by atoms with Gasteiger partial charge in [0.25, 0.3) is 0 Å². The van der Waals surface area contributed by atoms with Crippen molar-refractivity contribution in [1.82, 2.24) is 0 Å². The van der Waals surface area contributed by atoms with Gasteiger partial charge in [-0.2, -0.15) is 0 Å². The fourth-order valence-electron chi connectivity index (χ4n) is 1.87. The van der Waals surface area contributed by atoms with Crippen LogP contribution in [0.5, 0.6) is 5.75 Å². The molecule has 0 saturated heterocycles. The predicted molar refractivity (Wildman–Crippen MR) is 71.4 cm³/mol. The Bertz CT molecular complexity index is 508. The number of rotatable bonds is 4. The Morgan fingerprint density at radius 2 is 1.83 bits per heavy atom. The zero-order valence-corrected chi connectivity index (χ0v) is 10.7. The third-order valence-electron chi connectivity index (χ3n) is 2.85. The Morgan fingerprint density at radius 1 is 1.11 bits per heavy atom. The number of aryl methyl sites for hydroxylation is 1. The van der Waals surface area contributed by atoms with Crippen molar-refractivity contribution < 1.29 is 9.13 Å². The standard InChI is InChI=1S/C16H17FO/c1-12-8-9-15(11-16(12)17)18-13(2)10-14-6-4-3-5-7-14/h3-9,11,13H,10H2,1-2H3. The van der Waals surface area contributed by atoms with E-state index in [1.807, 2.05) is 25.1 Å². The molecule has 18 heavy (non-hydrogen) atoms. The van der Waals surface area contributed by atoms with Gasteiger partial charge in [-0.05, 0) is 31.0 Å². The summed E-state index contributed by atoms with van der Waals surface area (Å²) in [6.45, 7) is 3.73. The van der Waals surface area contributed by atoms with Crippen LogP contribution in [0.25, 0.3) is 0 Å². The van der Waals surface area contributed by atoms with Crippen molar-refractivity contribution in [2.24, 2.45) is 0 Å². The van der Waals surface area contributed by atoms with Crippen molar-refractivity contribution in [1.29, 1.82) is 0 Å². The van der Waals surface area contributed by atoms with E-state index < -0.39 is 0 Å². The van der Waals surface area contributed by atoms with Gasteiger partial charge in [-0.1, -0.05) is 36.4 Å². The third kappa shape index (κ3) is 3.33. The SMILES string of the molecule is Cc1ccc(OC(C)Cc2ccccc2)cc1F. The van der Waals surface area contributed by atoms with Crippen LogP contribution in [0.2, 0.25) is 0 Å². The van der Waals surface area contributed by atoms with Crippen molar-refractivity contribution in [3.05, 3.63) is 65.5 Å². The molecule has 0 bridgehead atoms. The normalized spacial score (nSPS) is 12.2. The molecule has 0 heterocycles. The quantitative estimate of drug-likeness (QED) is 0.785. The second-order valence-electron chi connectivity index (χ2n) is 4.53. The Morgan fingerprint density at radius 3 is 2.50 bits per heavy atom. The van der Waals surface area contributed by atoms with E-state index in [1.165, 1.54) is 11.6 Å². The molecule has 1 unspecified atom stereocenters. The first kappa shape index (κ1) is 12.6. The lowest BCUT2D eigenvalue weighted by Crippen LogP contribution is -2.15. The van der Waals surface area contributed by atoms with Crippen molar-refractivity contribution in [3.63, 3.8) is 0 Å². The molecule has 0 fully saturated rings. The van der Waals surface area contributed by atoms with Gasteiger partial charge in [0.2, 0.25) is 0 Å². The van der Waals surface area contributed by atoms with Crippen molar-refractivity contribution in [2.45, 2.75) is 26.4 Å². The van der Waals surface area contributed by atoms with Gasteiger partial charge in [-0.15, -0.1) is 0 Å². The largest absolute Gasteiger partial charge is 0.490 e. The highest BCUT2D eigenvalue weighted by atomic mass is 19.1. The van der Waals surface area contributed by atoms with Gasteiger partial charge < -0.3 is 4.74 Å². The van der Waals surface area contributed by atoms with E-state index in [-0.39, 0.29) is 11.9 Å². The number of hydrogen-bond donors (Lipinski definition) is 0. The van der Waals surface area contributed by atoms with Crippen molar-refractivity contribution in [3.8, 4) is 5.75 Å². The fourth-order valence-corrected chi connectivity index (χ4v) is 1.87. The van der Waals surface area contributed by atoms with Crippen LogP contribution in [0, 0.1) is 12.7 Å². The molecule has 0 aliphatic rings. The summed E-state index contributed by atoms with van der Waals surface area (Å²) in [5.41, 5.74) is 1.86. The summed E-state index contributed by atoms with van der Waals surface area (Å²) in [5, 5.41) is 0. The van der Waals surface area contributed by atoms with Crippen LogP contribution in [0.15, 0.2) is 48.5 Å². The smallest absolute Gasteiger partial charge is 0.129 e. The van der Waals surface area contributed by atoms with E-state index >= 15 is 0 Å². The Kier molecular flexibility index (Phi) is 3.98. The molecular weight excluding hydrogens is 227 g/mol. The maximum Gasteiger partial charge on any atom is 0.129 e. The zero-order valence-electron chi connectivity index (χ0n) is 10.7. The first-order valence-electron chi connectivity index (χ1n) is 6.12. The number of benzene rings is 2. The van der Waals surface area contributed by atoms with Crippen LogP contribution in [0.4, 0.5) is 4.39 Å². The molecule has 0 aliphatic carbocycles. The van der Waals surface area contributed by atoms with Gasteiger partial charge in [0.1, 0.15) is 11.6 Å². The topological polar surface area (TPSA) is 9.23 Å².